The van der Waals surface area contributed by atoms with E-state index in [1.807, 2.05) is 41.9 Å². The van der Waals surface area contributed by atoms with Gasteiger partial charge in [-0.1, -0.05) is 30.3 Å². The molecule has 40 heavy (non-hydrogen) atoms. The number of nitrogens with one attached hydrogen (secondary N) is 3. The molecule has 0 bridgehead atoms. The molecule has 0 radical (unpaired) electrons. The Labute approximate surface area is 236 Å². The van der Waals surface area contributed by atoms with E-state index in [2.05, 4.69) is 40.5 Å². The SMILES string of the molecule is O=C(Nc1nc2c(C(=O)Nc3nc4c(s3)CN(Cc3nccs3)CC4)cccc2[nH]1)c1cc2ccccc2cn1. The molecule has 4 aromatic heterocycles. The largest absolute Gasteiger partial charge is 0.324 e. The molecule has 0 unspecified atom stereocenters. The fraction of sp³-hybridized carbons (Fsp3) is 0.143. The number of rotatable bonds is 6. The predicted octanol–water partition coefficient (Wildman–Crippen LogP) is 5.09. The monoisotopic (exact) mass is 566 g/mol. The Morgan fingerprint density at radius 3 is 2.77 bits per heavy atom. The van der Waals surface area contributed by atoms with Crippen LogP contribution in [0, 0.1) is 0 Å². The van der Waals surface area contributed by atoms with Gasteiger partial charge >= 0.3 is 0 Å². The number of carbonyl (C=O) groups excluding carboxylic acids is 2. The summed E-state index contributed by atoms with van der Waals surface area (Å²) in [5.41, 5.74) is 2.77. The molecule has 0 fully saturated rings. The Morgan fingerprint density at radius 2 is 1.90 bits per heavy atom. The molecule has 0 saturated heterocycles. The molecule has 0 saturated carbocycles. The van der Waals surface area contributed by atoms with Gasteiger partial charge in [0.2, 0.25) is 5.95 Å². The summed E-state index contributed by atoms with van der Waals surface area (Å²) >= 11 is 3.16. The lowest BCUT2D eigenvalue weighted by atomic mass is 10.1. The summed E-state index contributed by atoms with van der Waals surface area (Å²) in [5, 5.41) is 11.2. The van der Waals surface area contributed by atoms with Crippen molar-refractivity contribution in [3.05, 3.63) is 93.1 Å². The Hall–Kier alpha value is -4.52. The molecule has 0 spiro atoms. The van der Waals surface area contributed by atoms with Crippen LogP contribution in [0.4, 0.5) is 11.1 Å². The molecule has 7 rings (SSSR count). The number of imidazole rings is 1. The Bertz CT molecular complexity index is 1880. The first-order valence-electron chi connectivity index (χ1n) is 12.6. The number of hydrogen-bond donors (Lipinski definition) is 3. The maximum atomic E-state index is 13.3. The van der Waals surface area contributed by atoms with E-state index in [1.165, 1.54) is 11.3 Å². The predicted molar refractivity (Wildman–Crippen MR) is 156 cm³/mol. The van der Waals surface area contributed by atoms with E-state index >= 15 is 0 Å². The lowest BCUT2D eigenvalue weighted by molar-refractivity contribution is 0.101. The zero-order chi connectivity index (χ0) is 27.1. The highest BCUT2D eigenvalue weighted by atomic mass is 32.1. The highest BCUT2D eigenvalue weighted by molar-refractivity contribution is 7.15. The van der Waals surface area contributed by atoms with Crippen molar-refractivity contribution < 1.29 is 9.59 Å². The van der Waals surface area contributed by atoms with Crippen molar-refractivity contribution in [2.75, 3.05) is 17.2 Å². The first-order valence-corrected chi connectivity index (χ1v) is 14.3. The van der Waals surface area contributed by atoms with Gasteiger partial charge in [-0.05, 0) is 23.6 Å². The zero-order valence-corrected chi connectivity index (χ0v) is 22.7. The topological polar surface area (TPSA) is 129 Å². The van der Waals surface area contributed by atoms with Crippen LogP contribution in [0.25, 0.3) is 21.8 Å². The lowest BCUT2D eigenvalue weighted by Crippen LogP contribution is -2.29. The van der Waals surface area contributed by atoms with E-state index in [-0.39, 0.29) is 17.5 Å². The van der Waals surface area contributed by atoms with Gasteiger partial charge in [0.1, 0.15) is 16.2 Å². The number of H-pyrrole nitrogens is 1. The van der Waals surface area contributed by atoms with Gasteiger partial charge < -0.3 is 4.98 Å². The van der Waals surface area contributed by atoms with Crippen LogP contribution in [-0.4, -0.2) is 48.2 Å². The molecule has 1 aliphatic heterocycles. The number of anilines is 2. The molecule has 10 nitrogen and oxygen atoms in total. The fourth-order valence-corrected chi connectivity index (χ4v) is 6.48. The molecule has 0 atom stereocenters. The molecule has 198 valence electrons. The third kappa shape index (κ3) is 4.83. The summed E-state index contributed by atoms with van der Waals surface area (Å²) in [7, 11) is 0. The second-order valence-electron chi connectivity index (χ2n) is 9.39. The number of pyridine rings is 1. The number of nitrogens with zero attached hydrogens (tertiary/aromatic N) is 5. The van der Waals surface area contributed by atoms with Gasteiger partial charge in [0, 0.05) is 47.5 Å². The van der Waals surface area contributed by atoms with Crippen LogP contribution in [0.2, 0.25) is 0 Å². The molecule has 2 aromatic carbocycles. The van der Waals surface area contributed by atoms with E-state index in [4.69, 9.17) is 0 Å². The first-order chi connectivity index (χ1) is 19.6. The summed E-state index contributed by atoms with van der Waals surface area (Å²) in [6.45, 7) is 2.50. The van der Waals surface area contributed by atoms with Crippen molar-refractivity contribution >= 4 is 67.4 Å². The zero-order valence-electron chi connectivity index (χ0n) is 21.0. The van der Waals surface area contributed by atoms with E-state index in [0.717, 1.165) is 52.4 Å². The number of aromatic nitrogens is 5. The molecule has 5 heterocycles. The fourth-order valence-electron chi connectivity index (χ4n) is 4.78. The van der Waals surface area contributed by atoms with Gasteiger partial charge in [-0.15, -0.1) is 22.7 Å². The number of fused-ring (bicyclic) bond motifs is 3. The van der Waals surface area contributed by atoms with E-state index in [1.54, 1.807) is 35.7 Å². The Balaban J connectivity index is 1.07. The van der Waals surface area contributed by atoms with Gasteiger partial charge in [0.25, 0.3) is 11.8 Å². The van der Waals surface area contributed by atoms with Crippen LogP contribution in [0.1, 0.15) is 36.4 Å². The van der Waals surface area contributed by atoms with E-state index < -0.39 is 5.91 Å². The van der Waals surface area contributed by atoms with Crippen molar-refractivity contribution in [2.45, 2.75) is 19.5 Å². The van der Waals surface area contributed by atoms with E-state index in [9.17, 15) is 9.59 Å². The molecule has 3 N–H and O–H groups in total. The summed E-state index contributed by atoms with van der Waals surface area (Å²) in [6.07, 6.45) is 4.33. The Morgan fingerprint density at radius 1 is 1.00 bits per heavy atom. The van der Waals surface area contributed by atoms with Crippen molar-refractivity contribution in [1.82, 2.24) is 29.8 Å². The number of benzene rings is 2. The lowest BCUT2D eigenvalue weighted by Gasteiger charge is -2.24. The summed E-state index contributed by atoms with van der Waals surface area (Å²) in [6, 6.07) is 14.7. The van der Waals surface area contributed by atoms with E-state index in [0.29, 0.717) is 21.7 Å². The number of thiazole rings is 2. The molecule has 6 aromatic rings. The number of amides is 2. The molecule has 0 aliphatic carbocycles. The van der Waals surface area contributed by atoms with Crippen molar-refractivity contribution in [3.63, 3.8) is 0 Å². The molecular formula is C28H22N8O2S2. The number of aromatic amines is 1. The summed E-state index contributed by atoms with van der Waals surface area (Å²) < 4.78 is 0. The minimum absolute atomic E-state index is 0.236. The standard InChI is InChI=1S/C28H22N8O2S2/c37-25(35-28-32-19-8-10-36(14-22(19)40-28)15-23-29-9-11-39-23)18-6-3-7-20-24(18)33-27(31-20)34-26(38)21-12-16-4-1-2-5-17(16)13-30-21/h1-7,9,11-13H,8,10,14-15H2,(H,32,35,37)(H2,31,33,34,38). The minimum atomic E-state index is -0.395. The van der Waals surface area contributed by atoms with Crippen LogP contribution in [0.5, 0.6) is 0 Å². The highest BCUT2D eigenvalue weighted by Crippen LogP contribution is 2.30. The maximum absolute atomic E-state index is 13.3. The van der Waals surface area contributed by atoms with Crippen molar-refractivity contribution in [2.24, 2.45) is 0 Å². The molecular weight excluding hydrogens is 544 g/mol. The Kier molecular flexibility index (Phi) is 6.27. The maximum Gasteiger partial charge on any atom is 0.276 e. The average Bonchev–Trinajstić information content (AvgIpc) is 3.72. The van der Waals surface area contributed by atoms with Crippen molar-refractivity contribution in [1.29, 1.82) is 0 Å². The van der Waals surface area contributed by atoms with Gasteiger partial charge in [0.15, 0.2) is 5.13 Å². The third-order valence-electron chi connectivity index (χ3n) is 6.73. The first kappa shape index (κ1) is 24.5. The normalized spacial score (nSPS) is 13.4. The summed E-state index contributed by atoms with van der Waals surface area (Å²) in [5.74, 6) is -0.467. The second kappa shape index (κ2) is 10.2. The van der Waals surface area contributed by atoms with Crippen LogP contribution in [0.15, 0.2) is 66.3 Å². The minimum Gasteiger partial charge on any atom is -0.324 e. The smallest absolute Gasteiger partial charge is 0.276 e. The molecule has 1 aliphatic rings. The van der Waals surface area contributed by atoms with Crippen molar-refractivity contribution in [3.8, 4) is 0 Å². The number of carbonyl (C=O) groups is 2. The van der Waals surface area contributed by atoms with Crippen LogP contribution in [-0.2, 0) is 19.5 Å². The average molecular weight is 567 g/mol. The van der Waals surface area contributed by atoms with Gasteiger partial charge in [-0.3, -0.25) is 30.1 Å². The quantitative estimate of drug-likeness (QED) is 0.256. The third-order valence-corrected chi connectivity index (χ3v) is 8.49. The molecule has 12 heteroatoms. The van der Waals surface area contributed by atoms with Gasteiger partial charge in [-0.2, -0.15) is 0 Å². The molecule has 2 amide bonds. The van der Waals surface area contributed by atoms with Crippen LogP contribution in [0.3, 0.4) is 0 Å². The van der Waals surface area contributed by atoms with Gasteiger partial charge in [-0.25, -0.2) is 15.0 Å². The van der Waals surface area contributed by atoms with Crippen LogP contribution >= 0.6 is 22.7 Å². The van der Waals surface area contributed by atoms with Crippen LogP contribution < -0.4 is 10.6 Å². The number of para-hydroxylation sites is 1. The summed E-state index contributed by atoms with van der Waals surface area (Å²) in [4.78, 5) is 50.6. The highest BCUT2D eigenvalue weighted by Gasteiger charge is 2.23. The number of hydrogen-bond acceptors (Lipinski definition) is 9. The second-order valence-corrected chi connectivity index (χ2v) is 11.5. The van der Waals surface area contributed by atoms with Gasteiger partial charge in [0.05, 0.1) is 23.3 Å².